The Labute approximate surface area is 139 Å². The van der Waals surface area contributed by atoms with Crippen LogP contribution in [0.3, 0.4) is 0 Å². The molecule has 0 atom stereocenters. The van der Waals surface area contributed by atoms with E-state index in [1.807, 2.05) is 48.5 Å². The van der Waals surface area contributed by atoms with Crippen molar-refractivity contribution >= 4 is 21.4 Å². The summed E-state index contributed by atoms with van der Waals surface area (Å²) in [5.41, 5.74) is 1.92. The highest BCUT2D eigenvalue weighted by Crippen LogP contribution is 2.24. The van der Waals surface area contributed by atoms with Crippen LogP contribution < -0.4 is 8.85 Å². The molecule has 0 aliphatic carbocycles. The van der Waals surface area contributed by atoms with Crippen molar-refractivity contribution in [3.05, 3.63) is 72.8 Å². The van der Waals surface area contributed by atoms with E-state index in [-0.39, 0.29) is 0 Å². The predicted molar refractivity (Wildman–Crippen MR) is 98.2 cm³/mol. The molecule has 2 aromatic rings. The number of hydrogen-bond acceptors (Lipinski definition) is 3. The van der Waals surface area contributed by atoms with Crippen LogP contribution in [0.25, 0.3) is 12.2 Å². The van der Waals surface area contributed by atoms with E-state index in [9.17, 15) is 0 Å². The smallest absolute Gasteiger partial charge is 0.446 e. The highest BCUT2D eigenvalue weighted by atomic mass is 28.3. The average Bonchev–Trinajstić information content (AvgIpc) is 2.60. The van der Waals surface area contributed by atoms with Gasteiger partial charge in [-0.05, 0) is 12.1 Å². The first-order valence-electron chi connectivity index (χ1n) is 7.53. The molecule has 0 aliphatic heterocycles. The van der Waals surface area contributed by atoms with Crippen LogP contribution in [0.4, 0.5) is 0 Å². The van der Waals surface area contributed by atoms with Gasteiger partial charge in [-0.1, -0.05) is 61.7 Å². The quantitative estimate of drug-likeness (QED) is 0.643. The van der Waals surface area contributed by atoms with Crippen LogP contribution in [0.5, 0.6) is 11.5 Å². The Bertz CT molecular complexity index is 601. The van der Waals surface area contributed by atoms with Gasteiger partial charge in [0.2, 0.25) is 0 Å². The van der Waals surface area contributed by atoms with Gasteiger partial charge in [0.05, 0.1) is 6.61 Å². The molecule has 0 saturated heterocycles. The molecule has 0 unspecified atom stereocenters. The largest absolute Gasteiger partial charge is 0.513 e. The van der Waals surface area contributed by atoms with Crippen LogP contribution in [0.15, 0.2) is 61.7 Å². The van der Waals surface area contributed by atoms with E-state index < -0.39 is 9.28 Å². The number of hydrogen-bond donors (Lipinski definition) is 0. The summed E-state index contributed by atoms with van der Waals surface area (Å²) >= 11 is 0. The fourth-order valence-electron chi connectivity index (χ4n) is 2.15. The molecule has 0 heterocycles. The summed E-state index contributed by atoms with van der Waals surface area (Å²) in [4.78, 5) is 0. The Morgan fingerprint density at radius 2 is 1.35 bits per heavy atom. The summed E-state index contributed by atoms with van der Waals surface area (Å²) in [6, 6.07) is 16.4. The molecular weight excluding hydrogens is 304 g/mol. The molecule has 0 bridgehead atoms. The lowest BCUT2D eigenvalue weighted by Gasteiger charge is -2.21. The minimum Gasteiger partial charge on any atom is -0.513 e. The lowest BCUT2D eigenvalue weighted by molar-refractivity contribution is 0.209. The normalized spacial score (nSPS) is 10.3. The Hall–Kier alpha value is -2.30. The highest BCUT2D eigenvalue weighted by Gasteiger charge is 2.19. The molecule has 120 valence electrons. The predicted octanol–water partition coefficient (Wildman–Crippen LogP) is 4.30. The van der Waals surface area contributed by atoms with Crippen molar-refractivity contribution in [1.82, 2.24) is 0 Å². The van der Waals surface area contributed by atoms with Gasteiger partial charge in [0, 0.05) is 24.3 Å². The van der Waals surface area contributed by atoms with Crippen molar-refractivity contribution in [2.45, 2.75) is 6.04 Å². The lowest BCUT2D eigenvalue weighted by atomic mass is 10.2. The first-order valence-corrected chi connectivity index (χ1v) is 9.29. The van der Waals surface area contributed by atoms with Crippen LogP contribution in [-0.4, -0.2) is 23.0 Å². The van der Waals surface area contributed by atoms with Gasteiger partial charge in [-0.3, -0.25) is 0 Å². The zero-order chi connectivity index (χ0) is 16.5. The Balaban J connectivity index is 2.19. The van der Waals surface area contributed by atoms with E-state index in [2.05, 4.69) is 13.2 Å². The number of methoxy groups -OCH3 is 1. The summed E-state index contributed by atoms with van der Waals surface area (Å²) in [5.74, 6) is 1.60. The van der Waals surface area contributed by atoms with Gasteiger partial charge in [0.1, 0.15) is 11.5 Å². The van der Waals surface area contributed by atoms with Crippen LogP contribution in [0, 0.1) is 0 Å². The Morgan fingerprint density at radius 1 is 0.870 bits per heavy atom. The van der Waals surface area contributed by atoms with Crippen molar-refractivity contribution in [3.63, 3.8) is 0 Å². The fraction of sp³-hybridized carbons (Fsp3) is 0.158. The molecule has 0 aromatic heterocycles. The maximum Gasteiger partial charge on any atom is 0.446 e. The monoisotopic (exact) mass is 326 g/mol. The zero-order valence-corrected chi connectivity index (χ0v) is 14.6. The molecule has 0 fully saturated rings. The van der Waals surface area contributed by atoms with E-state index in [0.29, 0.717) is 6.61 Å². The SMILES string of the molecule is C=Cc1ccccc1O[SiH](CCOC)Oc1ccccc1C=C. The van der Waals surface area contributed by atoms with E-state index >= 15 is 0 Å². The van der Waals surface area contributed by atoms with Crippen LogP contribution in [0.1, 0.15) is 11.1 Å². The molecular formula is C19H22O3Si. The van der Waals surface area contributed by atoms with Crippen molar-refractivity contribution in [1.29, 1.82) is 0 Å². The summed E-state index contributed by atoms with van der Waals surface area (Å²) in [6.45, 7) is 8.26. The van der Waals surface area contributed by atoms with Crippen molar-refractivity contribution < 1.29 is 13.6 Å². The Morgan fingerprint density at radius 3 is 1.78 bits per heavy atom. The molecule has 0 saturated carbocycles. The number of benzene rings is 2. The van der Waals surface area contributed by atoms with Gasteiger partial charge in [-0.25, -0.2) is 0 Å². The minimum atomic E-state index is -2.01. The van der Waals surface area contributed by atoms with Crippen LogP contribution in [0.2, 0.25) is 6.04 Å². The standard InChI is InChI=1S/C19H22O3Si/c1-4-16-10-6-8-12-18(16)21-23(15-14-20-3)22-19-13-9-7-11-17(19)5-2/h4-13,23H,1-2,14-15H2,3H3. The molecule has 3 nitrogen and oxygen atoms in total. The third-order valence-corrected chi connectivity index (χ3v) is 5.09. The second-order valence-corrected chi connectivity index (χ2v) is 6.84. The maximum absolute atomic E-state index is 6.17. The van der Waals surface area contributed by atoms with Gasteiger partial charge >= 0.3 is 9.28 Å². The number of ether oxygens (including phenoxy) is 1. The van der Waals surface area contributed by atoms with Gasteiger partial charge < -0.3 is 13.6 Å². The molecule has 4 heteroatoms. The van der Waals surface area contributed by atoms with Crippen molar-refractivity contribution in [2.75, 3.05) is 13.7 Å². The second kappa shape index (κ2) is 8.98. The molecule has 0 amide bonds. The van der Waals surface area contributed by atoms with E-state index in [0.717, 1.165) is 28.7 Å². The van der Waals surface area contributed by atoms with Gasteiger partial charge in [0.15, 0.2) is 0 Å². The summed E-state index contributed by atoms with van der Waals surface area (Å²) in [6.07, 6.45) is 3.57. The third kappa shape index (κ3) is 4.84. The van der Waals surface area contributed by atoms with E-state index in [4.69, 9.17) is 13.6 Å². The highest BCUT2D eigenvalue weighted by molar-refractivity contribution is 6.46. The van der Waals surface area contributed by atoms with Crippen LogP contribution in [-0.2, 0) is 4.74 Å². The first-order chi connectivity index (χ1) is 11.3. The van der Waals surface area contributed by atoms with E-state index in [1.54, 1.807) is 19.3 Å². The summed E-state index contributed by atoms with van der Waals surface area (Å²) < 4.78 is 17.5. The summed E-state index contributed by atoms with van der Waals surface area (Å²) in [7, 11) is -0.328. The first kappa shape index (κ1) is 17.1. The molecule has 23 heavy (non-hydrogen) atoms. The van der Waals surface area contributed by atoms with Gasteiger partial charge in [-0.15, -0.1) is 0 Å². The lowest BCUT2D eigenvalue weighted by Crippen LogP contribution is -2.31. The molecule has 0 aliphatic rings. The molecule has 0 radical (unpaired) electrons. The Kier molecular flexibility index (Phi) is 6.66. The summed E-state index contributed by atoms with van der Waals surface area (Å²) in [5, 5.41) is 0. The molecule has 0 N–H and O–H groups in total. The van der Waals surface area contributed by atoms with Crippen molar-refractivity contribution in [3.8, 4) is 11.5 Å². The molecule has 2 aromatic carbocycles. The third-order valence-electron chi connectivity index (χ3n) is 3.35. The second-order valence-electron chi connectivity index (χ2n) is 4.93. The topological polar surface area (TPSA) is 27.7 Å². The van der Waals surface area contributed by atoms with Gasteiger partial charge in [-0.2, -0.15) is 0 Å². The van der Waals surface area contributed by atoms with Gasteiger partial charge in [0.25, 0.3) is 0 Å². The molecule has 0 spiro atoms. The minimum absolute atomic E-state index is 0.601. The number of rotatable bonds is 9. The number of para-hydroxylation sites is 2. The molecule has 2 rings (SSSR count). The van der Waals surface area contributed by atoms with Crippen molar-refractivity contribution in [2.24, 2.45) is 0 Å². The maximum atomic E-state index is 6.17. The fourth-order valence-corrected chi connectivity index (χ4v) is 3.86. The van der Waals surface area contributed by atoms with Crippen LogP contribution >= 0.6 is 0 Å². The zero-order valence-electron chi connectivity index (χ0n) is 13.4. The van der Waals surface area contributed by atoms with E-state index in [1.165, 1.54) is 0 Å². The average molecular weight is 326 g/mol.